The smallest absolute Gasteiger partial charge is 0.261 e. The summed E-state index contributed by atoms with van der Waals surface area (Å²) >= 11 is 3.47. The maximum Gasteiger partial charge on any atom is 0.261 e. The minimum atomic E-state index is -0.550. The number of nitrogens with zero attached hydrogens (tertiary/aromatic N) is 1. The van der Waals surface area contributed by atoms with E-state index in [4.69, 9.17) is 4.74 Å². The average Bonchev–Trinajstić information content (AvgIpc) is 2.71. The van der Waals surface area contributed by atoms with Crippen molar-refractivity contribution in [2.45, 2.75) is 59.0 Å². The summed E-state index contributed by atoms with van der Waals surface area (Å²) in [6.07, 6.45) is 1.20. The van der Waals surface area contributed by atoms with Crippen molar-refractivity contribution in [3.05, 3.63) is 64.1 Å². The number of nitrogens with one attached hydrogen (secondary N) is 1. The Kier molecular flexibility index (Phi) is 9.11. The summed E-state index contributed by atoms with van der Waals surface area (Å²) in [6.45, 7) is 10.0. The summed E-state index contributed by atoms with van der Waals surface area (Å²) in [4.78, 5) is 27.8. The number of rotatable bonds is 9. The van der Waals surface area contributed by atoms with Crippen LogP contribution in [0.3, 0.4) is 0 Å². The number of benzene rings is 2. The van der Waals surface area contributed by atoms with Gasteiger partial charge in [-0.3, -0.25) is 9.59 Å². The predicted octanol–water partition coefficient (Wildman–Crippen LogP) is 4.90. The molecule has 0 heterocycles. The molecular weight excluding hydrogens is 456 g/mol. The Morgan fingerprint density at radius 1 is 1.13 bits per heavy atom. The molecule has 0 aliphatic heterocycles. The van der Waals surface area contributed by atoms with Crippen LogP contribution < -0.4 is 10.1 Å². The zero-order valence-corrected chi connectivity index (χ0v) is 20.7. The minimum Gasteiger partial charge on any atom is -0.484 e. The summed E-state index contributed by atoms with van der Waals surface area (Å²) in [5, 5.41) is 3.01. The van der Waals surface area contributed by atoms with Gasteiger partial charge in [0.05, 0.1) is 0 Å². The van der Waals surface area contributed by atoms with Gasteiger partial charge in [0.15, 0.2) is 6.61 Å². The lowest BCUT2D eigenvalue weighted by atomic mass is 10.1. The Hall–Kier alpha value is -2.34. The van der Waals surface area contributed by atoms with Crippen LogP contribution in [0.5, 0.6) is 5.75 Å². The van der Waals surface area contributed by atoms with Crippen LogP contribution in [0.4, 0.5) is 0 Å². The molecule has 0 aromatic heterocycles. The number of amides is 2. The molecule has 0 radical (unpaired) electrons. The Bertz CT molecular complexity index is 878. The molecule has 0 unspecified atom stereocenters. The molecule has 0 fully saturated rings. The lowest BCUT2D eigenvalue weighted by molar-refractivity contribution is -0.142. The van der Waals surface area contributed by atoms with Crippen molar-refractivity contribution in [2.24, 2.45) is 0 Å². The van der Waals surface area contributed by atoms with E-state index in [9.17, 15) is 9.59 Å². The molecule has 1 N–H and O–H groups in total. The van der Waals surface area contributed by atoms with E-state index in [1.807, 2.05) is 83.1 Å². The first-order chi connectivity index (χ1) is 14.6. The SMILES string of the molecule is CC[C@@H](C(=O)NC(C)(C)C)N(CCc1ccccc1)C(=O)COc1ccc(Br)c(C)c1. The van der Waals surface area contributed by atoms with Gasteiger partial charge in [-0.05, 0) is 69.9 Å². The molecule has 2 aromatic rings. The summed E-state index contributed by atoms with van der Waals surface area (Å²) < 4.78 is 6.75. The molecule has 2 rings (SSSR count). The maximum atomic E-state index is 13.2. The second kappa shape index (κ2) is 11.3. The van der Waals surface area contributed by atoms with Crippen LogP contribution in [-0.4, -0.2) is 41.4 Å². The largest absolute Gasteiger partial charge is 0.484 e. The molecule has 168 valence electrons. The zero-order chi connectivity index (χ0) is 23.0. The molecule has 0 spiro atoms. The van der Waals surface area contributed by atoms with E-state index in [0.717, 1.165) is 15.6 Å². The van der Waals surface area contributed by atoms with Gasteiger partial charge in [0.2, 0.25) is 5.91 Å². The average molecular weight is 489 g/mol. The summed E-state index contributed by atoms with van der Waals surface area (Å²) in [5.74, 6) is 0.285. The van der Waals surface area contributed by atoms with E-state index in [1.165, 1.54) is 0 Å². The Morgan fingerprint density at radius 3 is 2.39 bits per heavy atom. The van der Waals surface area contributed by atoms with E-state index in [1.54, 1.807) is 4.90 Å². The normalized spacial score (nSPS) is 12.2. The van der Waals surface area contributed by atoms with Crippen LogP contribution in [0.15, 0.2) is 53.0 Å². The molecule has 2 aromatic carbocycles. The van der Waals surface area contributed by atoms with E-state index < -0.39 is 6.04 Å². The highest BCUT2D eigenvalue weighted by molar-refractivity contribution is 9.10. The molecule has 0 saturated carbocycles. The van der Waals surface area contributed by atoms with Crippen molar-refractivity contribution >= 4 is 27.7 Å². The van der Waals surface area contributed by atoms with Gasteiger partial charge in [-0.25, -0.2) is 0 Å². The fourth-order valence-electron chi connectivity index (χ4n) is 3.28. The molecular formula is C25H33BrN2O3. The van der Waals surface area contributed by atoms with Gasteiger partial charge in [0, 0.05) is 16.6 Å². The lowest BCUT2D eigenvalue weighted by Crippen LogP contribution is -2.54. The van der Waals surface area contributed by atoms with Crippen molar-refractivity contribution in [3.8, 4) is 5.75 Å². The summed E-state index contributed by atoms with van der Waals surface area (Å²) in [5.41, 5.74) is 1.78. The Labute approximate surface area is 194 Å². The summed E-state index contributed by atoms with van der Waals surface area (Å²) in [7, 11) is 0. The predicted molar refractivity (Wildman–Crippen MR) is 128 cm³/mol. The topological polar surface area (TPSA) is 58.6 Å². The highest BCUT2D eigenvalue weighted by atomic mass is 79.9. The maximum absolute atomic E-state index is 13.2. The quantitative estimate of drug-likeness (QED) is 0.545. The second-order valence-corrected chi connectivity index (χ2v) is 9.54. The molecule has 0 aliphatic carbocycles. The number of aryl methyl sites for hydroxylation is 1. The Balaban J connectivity index is 2.16. The molecule has 2 amide bonds. The zero-order valence-electron chi connectivity index (χ0n) is 19.1. The molecule has 0 saturated heterocycles. The van der Waals surface area contributed by atoms with Gasteiger partial charge in [-0.2, -0.15) is 0 Å². The van der Waals surface area contributed by atoms with E-state index in [-0.39, 0.29) is 24.0 Å². The van der Waals surface area contributed by atoms with Crippen molar-refractivity contribution in [3.63, 3.8) is 0 Å². The Morgan fingerprint density at radius 2 is 1.81 bits per heavy atom. The second-order valence-electron chi connectivity index (χ2n) is 8.69. The van der Waals surface area contributed by atoms with Gasteiger partial charge in [0.25, 0.3) is 5.91 Å². The number of carbonyl (C=O) groups excluding carboxylic acids is 2. The number of halogens is 1. The van der Waals surface area contributed by atoms with E-state index in [0.29, 0.717) is 25.1 Å². The molecule has 0 bridgehead atoms. The van der Waals surface area contributed by atoms with Crippen molar-refractivity contribution < 1.29 is 14.3 Å². The number of hydrogen-bond donors (Lipinski definition) is 1. The first kappa shape index (κ1) is 24.9. The van der Waals surface area contributed by atoms with Crippen molar-refractivity contribution in [2.75, 3.05) is 13.2 Å². The minimum absolute atomic E-state index is 0.116. The fourth-order valence-corrected chi connectivity index (χ4v) is 3.53. The number of carbonyl (C=O) groups is 2. The first-order valence-corrected chi connectivity index (χ1v) is 11.4. The van der Waals surface area contributed by atoms with Gasteiger partial charge in [-0.1, -0.05) is 53.2 Å². The van der Waals surface area contributed by atoms with Crippen LogP contribution in [-0.2, 0) is 16.0 Å². The van der Waals surface area contributed by atoms with Crippen LogP contribution in [0.2, 0.25) is 0 Å². The monoisotopic (exact) mass is 488 g/mol. The van der Waals surface area contributed by atoms with Gasteiger partial charge in [0.1, 0.15) is 11.8 Å². The first-order valence-electron chi connectivity index (χ1n) is 10.6. The van der Waals surface area contributed by atoms with Crippen molar-refractivity contribution in [1.29, 1.82) is 0 Å². The highest BCUT2D eigenvalue weighted by Gasteiger charge is 2.30. The van der Waals surface area contributed by atoms with Crippen molar-refractivity contribution in [1.82, 2.24) is 10.2 Å². The van der Waals surface area contributed by atoms with Gasteiger partial charge >= 0.3 is 0 Å². The van der Waals surface area contributed by atoms with E-state index >= 15 is 0 Å². The third-order valence-electron chi connectivity index (χ3n) is 4.86. The number of hydrogen-bond acceptors (Lipinski definition) is 3. The highest BCUT2D eigenvalue weighted by Crippen LogP contribution is 2.22. The summed E-state index contributed by atoms with van der Waals surface area (Å²) in [6, 6.07) is 15.0. The van der Waals surface area contributed by atoms with Crippen LogP contribution in [0.1, 0.15) is 45.2 Å². The van der Waals surface area contributed by atoms with Gasteiger partial charge < -0.3 is 15.0 Å². The fraction of sp³-hybridized carbons (Fsp3) is 0.440. The van der Waals surface area contributed by atoms with E-state index in [2.05, 4.69) is 21.2 Å². The standard InChI is InChI=1S/C25H33BrN2O3/c1-6-22(24(30)27-25(3,4)5)28(15-14-19-10-8-7-9-11-19)23(29)17-31-20-12-13-21(26)18(2)16-20/h7-13,16,22H,6,14-15,17H2,1-5H3,(H,27,30)/t22-/m0/s1. The van der Waals surface area contributed by atoms with Crippen LogP contribution in [0.25, 0.3) is 0 Å². The van der Waals surface area contributed by atoms with Crippen LogP contribution >= 0.6 is 15.9 Å². The third-order valence-corrected chi connectivity index (χ3v) is 5.75. The molecule has 31 heavy (non-hydrogen) atoms. The van der Waals surface area contributed by atoms with Crippen LogP contribution in [0, 0.1) is 6.92 Å². The molecule has 6 heteroatoms. The molecule has 0 aliphatic rings. The molecule has 5 nitrogen and oxygen atoms in total. The molecule has 1 atom stereocenters. The van der Waals surface area contributed by atoms with Gasteiger partial charge in [-0.15, -0.1) is 0 Å². The lowest BCUT2D eigenvalue weighted by Gasteiger charge is -2.33. The number of ether oxygens (including phenoxy) is 1. The third kappa shape index (κ3) is 8.02.